The summed E-state index contributed by atoms with van der Waals surface area (Å²) in [5.41, 5.74) is 0.909. The number of para-hydroxylation sites is 1. The molecule has 0 bridgehead atoms. The van der Waals surface area contributed by atoms with Crippen molar-refractivity contribution >= 4 is 81.0 Å². The van der Waals surface area contributed by atoms with Crippen LogP contribution in [-0.4, -0.2) is 36.6 Å². The molecular formula is C20H15ClIN3O5S. The van der Waals surface area contributed by atoms with Gasteiger partial charge in [0.2, 0.25) is 0 Å². The van der Waals surface area contributed by atoms with Gasteiger partial charge in [-0.1, -0.05) is 23.7 Å². The van der Waals surface area contributed by atoms with E-state index in [2.05, 4.69) is 16.0 Å². The fourth-order valence-electron chi connectivity index (χ4n) is 2.62. The van der Waals surface area contributed by atoms with Crippen LogP contribution >= 0.6 is 46.4 Å². The Morgan fingerprint density at radius 3 is 2.55 bits per heavy atom. The van der Waals surface area contributed by atoms with Crippen LogP contribution in [0.15, 0.2) is 42.0 Å². The van der Waals surface area contributed by atoms with Crippen LogP contribution in [0.25, 0.3) is 6.08 Å². The SMILES string of the molecule is COc1cc(C=C2C(=O)NC(=S)NC2=O)cc(I)c1OCC(=O)Nc1ccccc1Cl. The summed E-state index contributed by atoms with van der Waals surface area (Å²) in [6.45, 7) is -0.278. The molecule has 160 valence electrons. The van der Waals surface area contributed by atoms with Crippen LogP contribution < -0.4 is 25.4 Å². The Bertz CT molecular complexity index is 1100. The van der Waals surface area contributed by atoms with Gasteiger partial charge in [0.1, 0.15) is 5.57 Å². The fourth-order valence-corrected chi connectivity index (χ4v) is 3.77. The maximum atomic E-state index is 12.2. The molecule has 0 atom stereocenters. The van der Waals surface area contributed by atoms with Gasteiger partial charge in [-0.25, -0.2) is 0 Å². The van der Waals surface area contributed by atoms with Gasteiger partial charge in [0.15, 0.2) is 23.2 Å². The van der Waals surface area contributed by atoms with Gasteiger partial charge in [-0.15, -0.1) is 0 Å². The lowest BCUT2D eigenvalue weighted by molar-refractivity contribution is -0.123. The summed E-state index contributed by atoms with van der Waals surface area (Å²) >= 11 is 12.8. The third kappa shape index (κ3) is 5.71. The van der Waals surface area contributed by atoms with Crippen molar-refractivity contribution in [1.29, 1.82) is 0 Å². The maximum absolute atomic E-state index is 12.2. The van der Waals surface area contributed by atoms with E-state index in [-0.39, 0.29) is 17.3 Å². The third-order valence-corrected chi connectivity index (χ3v) is 5.34. The molecule has 0 spiro atoms. The van der Waals surface area contributed by atoms with Crippen LogP contribution in [-0.2, 0) is 14.4 Å². The van der Waals surface area contributed by atoms with Gasteiger partial charge in [-0.05, 0) is 70.7 Å². The van der Waals surface area contributed by atoms with Crippen molar-refractivity contribution in [2.24, 2.45) is 0 Å². The van der Waals surface area contributed by atoms with E-state index < -0.39 is 17.7 Å². The summed E-state index contributed by atoms with van der Waals surface area (Å²) in [4.78, 5) is 36.3. The molecule has 2 aromatic carbocycles. The molecule has 31 heavy (non-hydrogen) atoms. The summed E-state index contributed by atoms with van der Waals surface area (Å²) < 4.78 is 11.6. The van der Waals surface area contributed by atoms with Gasteiger partial charge >= 0.3 is 0 Å². The average molecular weight is 572 g/mol. The Hall–Kier alpha value is -2.70. The molecule has 1 aliphatic heterocycles. The number of methoxy groups -OCH3 is 1. The Morgan fingerprint density at radius 1 is 1.23 bits per heavy atom. The minimum Gasteiger partial charge on any atom is -0.493 e. The van der Waals surface area contributed by atoms with E-state index in [1.54, 1.807) is 36.4 Å². The normalized spacial score (nSPS) is 13.3. The zero-order chi connectivity index (χ0) is 22.5. The molecule has 3 amide bonds. The number of thiocarbonyl (C=S) groups is 1. The molecule has 0 radical (unpaired) electrons. The quantitative estimate of drug-likeness (QED) is 0.213. The Morgan fingerprint density at radius 2 is 1.90 bits per heavy atom. The first-order chi connectivity index (χ1) is 14.8. The number of benzene rings is 2. The highest BCUT2D eigenvalue weighted by molar-refractivity contribution is 14.1. The Kier molecular flexibility index (Phi) is 7.46. The maximum Gasteiger partial charge on any atom is 0.263 e. The topological polar surface area (TPSA) is 106 Å². The number of halogens is 2. The standard InChI is InChI=1S/C20H15ClIN3O5S/c1-29-15-8-10(6-11-18(27)24-20(31)25-19(11)28)7-13(22)17(15)30-9-16(26)23-14-5-3-2-4-12(14)21/h2-8H,9H2,1H3,(H,23,26)(H2,24,25,27,28,31). The smallest absolute Gasteiger partial charge is 0.263 e. The lowest BCUT2D eigenvalue weighted by Crippen LogP contribution is -2.51. The molecule has 11 heteroatoms. The van der Waals surface area contributed by atoms with Crippen molar-refractivity contribution in [2.75, 3.05) is 19.0 Å². The lowest BCUT2D eigenvalue weighted by atomic mass is 10.1. The molecule has 1 fully saturated rings. The zero-order valence-corrected chi connectivity index (χ0v) is 19.7. The van der Waals surface area contributed by atoms with Crippen molar-refractivity contribution < 1.29 is 23.9 Å². The molecule has 3 rings (SSSR count). The minimum atomic E-state index is -0.598. The monoisotopic (exact) mass is 571 g/mol. The number of ether oxygens (including phenoxy) is 2. The largest absolute Gasteiger partial charge is 0.493 e. The molecule has 1 saturated heterocycles. The van der Waals surface area contributed by atoms with Crippen LogP contribution in [0.3, 0.4) is 0 Å². The van der Waals surface area contributed by atoms with Gasteiger partial charge in [-0.3, -0.25) is 25.0 Å². The number of hydrogen-bond donors (Lipinski definition) is 3. The van der Waals surface area contributed by atoms with Crippen molar-refractivity contribution in [3.05, 3.63) is 56.1 Å². The van der Waals surface area contributed by atoms with Crippen LogP contribution in [0.4, 0.5) is 5.69 Å². The summed E-state index contributed by atoms with van der Waals surface area (Å²) in [5, 5.41) is 7.78. The number of carbonyl (C=O) groups excluding carboxylic acids is 3. The number of carbonyl (C=O) groups is 3. The van der Waals surface area contributed by atoms with Gasteiger partial charge in [0, 0.05) is 0 Å². The molecule has 3 N–H and O–H groups in total. The highest BCUT2D eigenvalue weighted by atomic mass is 127. The van der Waals surface area contributed by atoms with E-state index in [0.29, 0.717) is 31.3 Å². The predicted molar refractivity (Wildman–Crippen MR) is 128 cm³/mol. The molecule has 0 saturated carbocycles. The molecule has 0 unspecified atom stereocenters. The molecule has 1 heterocycles. The first kappa shape index (κ1) is 23.0. The summed E-state index contributed by atoms with van der Waals surface area (Å²) in [7, 11) is 1.44. The summed E-state index contributed by atoms with van der Waals surface area (Å²) in [6.07, 6.45) is 1.41. The number of nitrogens with one attached hydrogen (secondary N) is 3. The van der Waals surface area contributed by atoms with Crippen LogP contribution in [0, 0.1) is 3.57 Å². The number of anilines is 1. The van der Waals surface area contributed by atoms with E-state index in [4.69, 9.17) is 33.3 Å². The van der Waals surface area contributed by atoms with E-state index in [0.717, 1.165) is 0 Å². The van der Waals surface area contributed by atoms with Crippen LogP contribution in [0.2, 0.25) is 5.02 Å². The summed E-state index contributed by atoms with van der Waals surface area (Å²) in [5.74, 6) is -0.919. The molecule has 0 aliphatic carbocycles. The highest BCUT2D eigenvalue weighted by Crippen LogP contribution is 2.35. The molecular weight excluding hydrogens is 557 g/mol. The molecule has 1 aliphatic rings. The first-order valence-electron chi connectivity index (χ1n) is 8.71. The van der Waals surface area contributed by atoms with Gasteiger partial charge in [-0.2, -0.15) is 0 Å². The molecule has 2 aromatic rings. The number of hydrogen-bond acceptors (Lipinski definition) is 6. The Balaban J connectivity index is 1.77. The fraction of sp³-hybridized carbons (Fsp3) is 0.100. The third-order valence-electron chi connectivity index (χ3n) is 4.00. The minimum absolute atomic E-state index is 0.0434. The van der Waals surface area contributed by atoms with Crippen LogP contribution in [0.1, 0.15) is 5.56 Å². The van der Waals surface area contributed by atoms with E-state index in [1.165, 1.54) is 13.2 Å². The molecule has 0 aromatic heterocycles. The zero-order valence-electron chi connectivity index (χ0n) is 16.0. The first-order valence-corrected chi connectivity index (χ1v) is 10.6. The number of rotatable bonds is 6. The van der Waals surface area contributed by atoms with Crippen LogP contribution in [0.5, 0.6) is 11.5 Å². The second-order valence-electron chi connectivity index (χ2n) is 6.15. The van der Waals surface area contributed by atoms with Gasteiger partial charge in [0.25, 0.3) is 17.7 Å². The van der Waals surface area contributed by atoms with Crippen molar-refractivity contribution in [2.45, 2.75) is 0 Å². The average Bonchev–Trinajstić information content (AvgIpc) is 2.71. The summed E-state index contributed by atoms with van der Waals surface area (Å²) in [6, 6.07) is 10.1. The second kappa shape index (κ2) is 10.1. The second-order valence-corrected chi connectivity index (χ2v) is 8.12. The van der Waals surface area contributed by atoms with Crippen molar-refractivity contribution in [3.63, 3.8) is 0 Å². The van der Waals surface area contributed by atoms with E-state index in [1.807, 2.05) is 22.6 Å². The van der Waals surface area contributed by atoms with E-state index >= 15 is 0 Å². The molecule has 8 nitrogen and oxygen atoms in total. The van der Waals surface area contributed by atoms with Crippen molar-refractivity contribution in [1.82, 2.24) is 10.6 Å². The van der Waals surface area contributed by atoms with Gasteiger partial charge < -0.3 is 14.8 Å². The van der Waals surface area contributed by atoms with E-state index in [9.17, 15) is 14.4 Å². The number of amides is 3. The highest BCUT2D eigenvalue weighted by Gasteiger charge is 2.26. The van der Waals surface area contributed by atoms with Crippen molar-refractivity contribution in [3.8, 4) is 11.5 Å². The van der Waals surface area contributed by atoms with Gasteiger partial charge in [0.05, 0.1) is 21.4 Å². The Labute approximate surface area is 201 Å². The predicted octanol–water partition coefficient (Wildman–Crippen LogP) is 2.89. The lowest BCUT2D eigenvalue weighted by Gasteiger charge is -2.17.